The molecule has 25 heavy (non-hydrogen) atoms. The van der Waals surface area contributed by atoms with Gasteiger partial charge in [0.1, 0.15) is 0 Å². The van der Waals surface area contributed by atoms with Crippen LogP contribution < -0.4 is 4.72 Å². The summed E-state index contributed by atoms with van der Waals surface area (Å²) in [6, 6.07) is 11.2. The second-order valence-electron chi connectivity index (χ2n) is 5.11. The van der Waals surface area contributed by atoms with E-state index < -0.39 is 16.0 Å². The average molecular weight is 363 g/mol. The molecule has 2 aromatic carbocycles. The Morgan fingerprint density at radius 2 is 1.64 bits per heavy atom. The summed E-state index contributed by atoms with van der Waals surface area (Å²) in [5, 5.41) is 8.84. The van der Waals surface area contributed by atoms with Crippen molar-refractivity contribution in [2.75, 3.05) is 11.3 Å². The van der Waals surface area contributed by atoms with Gasteiger partial charge in [0.15, 0.2) is 0 Å². The van der Waals surface area contributed by atoms with Gasteiger partial charge < -0.3 is 9.84 Å². The van der Waals surface area contributed by atoms with Gasteiger partial charge in [0.05, 0.1) is 23.5 Å². The van der Waals surface area contributed by atoms with Crippen LogP contribution in [0, 0.1) is 0 Å². The van der Waals surface area contributed by atoms with Gasteiger partial charge in [0.25, 0.3) is 10.0 Å². The largest absolute Gasteiger partial charge is 0.478 e. The first-order chi connectivity index (χ1) is 11.8. The number of carboxylic acids is 1. The minimum Gasteiger partial charge on any atom is -0.478 e. The van der Waals surface area contributed by atoms with Gasteiger partial charge in [-0.25, -0.2) is 13.2 Å². The van der Waals surface area contributed by atoms with Gasteiger partial charge in [-0.2, -0.15) is 0 Å². The number of benzene rings is 2. The summed E-state index contributed by atoms with van der Waals surface area (Å²) in [7, 11) is -3.83. The van der Waals surface area contributed by atoms with Gasteiger partial charge in [-0.15, -0.1) is 0 Å². The Balaban J connectivity index is 2.09. The minimum atomic E-state index is -3.83. The Morgan fingerprint density at radius 3 is 2.16 bits per heavy atom. The maximum Gasteiger partial charge on any atom is 0.335 e. The fourth-order valence-electron chi connectivity index (χ4n) is 2.06. The lowest BCUT2D eigenvalue weighted by Gasteiger charge is -2.09. The molecule has 132 valence electrons. The predicted octanol–water partition coefficient (Wildman–Crippen LogP) is 2.29. The first-order valence-electron chi connectivity index (χ1n) is 7.42. The summed E-state index contributed by atoms with van der Waals surface area (Å²) in [6.45, 7) is 2.02. The maximum absolute atomic E-state index is 12.3. The van der Waals surface area contributed by atoms with E-state index in [4.69, 9.17) is 9.84 Å². The van der Waals surface area contributed by atoms with Crippen molar-refractivity contribution < 1.29 is 27.9 Å². The number of carbonyl (C=O) groups excluding carboxylic acids is 1. The van der Waals surface area contributed by atoms with E-state index in [1.54, 1.807) is 19.1 Å². The van der Waals surface area contributed by atoms with Crippen LogP contribution in [-0.4, -0.2) is 32.1 Å². The number of carboxylic acid groups (broad SMARTS) is 1. The fraction of sp³-hybridized carbons (Fsp3) is 0.176. The number of sulfonamides is 1. The monoisotopic (exact) mass is 363 g/mol. The summed E-state index contributed by atoms with van der Waals surface area (Å²) < 4.78 is 31.8. The molecule has 0 unspecified atom stereocenters. The van der Waals surface area contributed by atoms with Crippen molar-refractivity contribution in [1.29, 1.82) is 0 Å². The molecular formula is C17H17NO6S. The minimum absolute atomic E-state index is 0.00210. The number of rotatable bonds is 7. The van der Waals surface area contributed by atoms with Gasteiger partial charge >= 0.3 is 11.9 Å². The van der Waals surface area contributed by atoms with E-state index >= 15 is 0 Å². The number of anilines is 1. The lowest BCUT2D eigenvalue weighted by Crippen LogP contribution is -2.13. The van der Waals surface area contributed by atoms with E-state index in [0.29, 0.717) is 17.9 Å². The standard InChI is InChI=1S/C17H17NO6S/c1-2-24-16(19)11-12-3-7-14(8-4-12)18-25(22,23)15-9-5-13(6-10-15)17(20)21/h3-10,18H,2,11H2,1H3,(H,20,21). The third kappa shape index (κ3) is 5.05. The van der Waals surface area contributed by atoms with Gasteiger partial charge in [-0.3, -0.25) is 9.52 Å². The summed E-state index contributed by atoms with van der Waals surface area (Å²) in [4.78, 5) is 22.2. The number of hydrogen-bond donors (Lipinski definition) is 2. The van der Waals surface area contributed by atoms with E-state index in [0.717, 1.165) is 0 Å². The van der Waals surface area contributed by atoms with Crippen LogP contribution in [0.5, 0.6) is 0 Å². The third-order valence-electron chi connectivity index (χ3n) is 3.27. The molecule has 0 bridgehead atoms. The van der Waals surface area contributed by atoms with Gasteiger partial charge in [-0.05, 0) is 48.9 Å². The van der Waals surface area contributed by atoms with Crippen molar-refractivity contribution in [1.82, 2.24) is 0 Å². The quantitative estimate of drug-likeness (QED) is 0.731. The second-order valence-corrected chi connectivity index (χ2v) is 6.80. The first kappa shape index (κ1) is 18.5. The number of aromatic carboxylic acids is 1. The average Bonchev–Trinajstić information content (AvgIpc) is 2.57. The van der Waals surface area contributed by atoms with E-state index in [9.17, 15) is 18.0 Å². The van der Waals surface area contributed by atoms with Crippen LogP contribution in [0.3, 0.4) is 0 Å². The molecule has 2 N–H and O–H groups in total. The molecule has 0 fully saturated rings. The van der Waals surface area contributed by atoms with Crippen molar-refractivity contribution >= 4 is 27.6 Å². The highest BCUT2D eigenvalue weighted by Gasteiger charge is 2.15. The van der Waals surface area contributed by atoms with Crippen molar-refractivity contribution in [3.63, 3.8) is 0 Å². The summed E-state index contributed by atoms with van der Waals surface area (Å²) in [5.41, 5.74) is 1.03. The van der Waals surface area contributed by atoms with Crippen LogP contribution in [0.25, 0.3) is 0 Å². The molecule has 0 saturated heterocycles. The molecule has 8 heteroatoms. The molecule has 0 heterocycles. The summed E-state index contributed by atoms with van der Waals surface area (Å²) in [5.74, 6) is -1.48. The molecule has 0 aromatic heterocycles. The Hall–Kier alpha value is -2.87. The van der Waals surface area contributed by atoms with Crippen LogP contribution in [0.15, 0.2) is 53.4 Å². The fourth-order valence-corrected chi connectivity index (χ4v) is 3.12. The van der Waals surface area contributed by atoms with Crippen LogP contribution in [0.1, 0.15) is 22.8 Å². The van der Waals surface area contributed by atoms with E-state index in [1.807, 2.05) is 0 Å². The van der Waals surface area contributed by atoms with E-state index in [1.165, 1.54) is 36.4 Å². The molecule has 0 saturated carbocycles. The molecule has 0 spiro atoms. The van der Waals surface area contributed by atoms with Crippen molar-refractivity contribution in [2.24, 2.45) is 0 Å². The highest BCUT2D eigenvalue weighted by Crippen LogP contribution is 2.17. The highest BCUT2D eigenvalue weighted by molar-refractivity contribution is 7.92. The maximum atomic E-state index is 12.3. The number of carbonyl (C=O) groups is 2. The molecule has 0 aliphatic rings. The highest BCUT2D eigenvalue weighted by atomic mass is 32.2. The zero-order chi connectivity index (χ0) is 18.4. The van der Waals surface area contributed by atoms with Gasteiger partial charge in [0, 0.05) is 5.69 Å². The molecule has 0 atom stereocenters. The van der Waals surface area contributed by atoms with Crippen LogP contribution >= 0.6 is 0 Å². The number of nitrogens with one attached hydrogen (secondary N) is 1. The zero-order valence-electron chi connectivity index (χ0n) is 13.4. The Kier molecular flexibility index (Phi) is 5.76. The number of ether oxygens (including phenoxy) is 1. The van der Waals surface area contributed by atoms with Crippen LogP contribution in [0.4, 0.5) is 5.69 Å². The third-order valence-corrected chi connectivity index (χ3v) is 4.67. The smallest absolute Gasteiger partial charge is 0.335 e. The Morgan fingerprint density at radius 1 is 1.04 bits per heavy atom. The summed E-state index contributed by atoms with van der Waals surface area (Å²) in [6.07, 6.45) is 0.109. The first-order valence-corrected chi connectivity index (χ1v) is 8.91. The molecule has 0 aliphatic carbocycles. The van der Waals surface area contributed by atoms with Gasteiger partial charge in [-0.1, -0.05) is 12.1 Å². The normalized spacial score (nSPS) is 10.9. The molecule has 0 amide bonds. The molecule has 2 rings (SSSR count). The zero-order valence-corrected chi connectivity index (χ0v) is 14.2. The molecule has 2 aromatic rings. The van der Waals surface area contributed by atoms with Crippen molar-refractivity contribution in [2.45, 2.75) is 18.2 Å². The summed E-state index contributed by atoms with van der Waals surface area (Å²) >= 11 is 0. The van der Waals surface area contributed by atoms with Crippen LogP contribution in [-0.2, 0) is 26.0 Å². The van der Waals surface area contributed by atoms with E-state index in [2.05, 4.69) is 4.72 Å². The molecule has 7 nitrogen and oxygen atoms in total. The predicted molar refractivity (Wildman–Crippen MR) is 91.0 cm³/mol. The molecule has 0 aliphatic heterocycles. The Bertz CT molecular complexity index is 857. The lowest BCUT2D eigenvalue weighted by molar-refractivity contribution is -0.142. The SMILES string of the molecule is CCOC(=O)Cc1ccc(NS(=O)(=O)c2ccc(C(=O)O)cc2)cc1. The number of hydrogen-bond acceptors (Lipinski definition) is 5. The molecule has 0 radical (unpaired) electrons. The lowest BCUT2D eigenvalue weighted by atomic mass is 10.1. The van der Waals surface area contributed by atoms with Crippen LogP contribution in [0.2, 0.25) is 0 Å². The van der Waals surface area contributed by atoms with Crippen molar-refractivity contribution in [3.05, 3.63) is 59.7 Å². The Labute approximate surface area is 145 Å². The second kappa shape index (κ2) is 7.80. The van der Waals surface area contributed by atoms with Crippen molar-refractivity contribution in [3.8, 4) is 0 Å². The molecular weight excluding hydrogens is 346 g/mol. The number of esters is 1. The van der Waals surface area contributed by atoms with E-state index in [-0.39, 0.29) is 22.8 Å². The topological polar surface area (TPSA) is 110 Å². The van der Waals surface area contributed by atoms with Gasteiger partial charge in [0.2, 0.25) is 0 Å².